The van der Waals surface area contributed by atoms with E-state index in [2.05, 4.69) is 57.3 Å². The average Bonchev–Trinajstić information content (AvgIpc) is 2.82. The van der Waals surface area contributed by atoms with Crippen LogP contribution in [0, 0.1) is 0 Å². The van der Waals surface area contributed by atoms with E-state index in [4.69, 9.17) is 4.74 Å². The van der Waals surface area contributed by atoms with Crippen LogP contribution in [0.2, 0.25) is 0 Å². The van der Waals surface area contributed by atoms with E-state index in [9.17, 15) is 4.79 Å². The molecule has 3 heteroatoms. The lowest BCUT2D eigenvalue weighted by Gasteiger charge is -2.23. The van der Waals surface area contributed by atoms with E-state index in [0.29, 0.717) is 13.0 Å². The summed E-state index contributed by atoms with van der Waals surface area (Å²) in [6.45, 7) is 10.0. The summed E-state index contributed by atoms with van der Waals surface area (Å²) < 4.78 is 5.35. The second-order valence-electron chi connectivity index (χ2n) is 7.36. The van der Waals surface area contributed by atoms with Gasteiger partial charge in [-0.2, -0.15) is 0 Å². The molecular formula is C18H27NO2. The summed E-state index contributed by atoms with van der Waals surface area (Å²) in [4.78, 5) is 12.0. The normalized spacial score (nSPS) is 22.3. The molecule has 0 spiro atoms. The van der Waals surface area contributed by atoms with Crippen molar-refractivity contribution < 1.29 is 9.53 Å². The SMILES string of the molecule is CC1(NC(=O)CCc2ccc(C(C)(C)C)cc2)CCOC1. The minimum atomic E-state index is -0.173. The monoisotopic (exact) mass is 289 g/mol. The van der Waals surface area contributed by atoms with Crippen LogP contribution in [-0.2, 0) is 21.4 Å². The topological polar surface area (TPSA) is 38.3 Å². The molecular weight excluding hydrogens is 262 g/mol. The highest BCUT2D eigenvalue weighted by Gasteiger charge is 2.30. The first-order valence-electron chi connectivity index (χ1n) is 7.77. The van der Waals surface area contributed by atoms with Gasteiger partial charge in [0.1, 0.15) is 0 Å². The highest BCUT2D eigenvalue weighted by atomic mass is 16.5. The van der Waals surface area contributed by atoms with Gasteiger partial charge in [0, 0.05) is 13.0 Å². The highest BCUT2D eigenvalue weighted by Crippen LogP contribution is 2.22. The largest absolute Gasteiger partial charge is 0.379 e. The Morgan fingerprint density at radius 2 is 1.95 bits per heavy atom. The molecule has 1 aliphatic heterocycles. The van der Waals surface area contributed by atoms with Crippen LogP contribution >= 0.6 is 0 Å². The molecule has 1 amide bonds. The van der Waals surface area contributed by atoms with Crippen molar-refractivity contribution in [2.45, 2.75) is 57.9 Å². The highest BCUT2D eigenvalue weighted by molar-refractivity contribution is 5.77. The third-order valence-corrected chi connectivity index (χ3v) is 4.12. The first kappa shape index (κ1) is 16.0. The summed E-state index contributed by atoms with van der Waals surface area (Å²) in [7, 11) is 0. The lowest BCUT2D eigenvalue weighted by atomic mass is 9.86. The van der Waals surface area contributed by atoms with Gasteiger partial charge in [-0.05, 0) is 36.3 Å². The van der Waals surface area contributed by atoms with Gasteiger partial charge in [-0.15, -0.1) is 0 Å². The van der Waals surface area contributed by atoms with Gasteiger partial charge in [-0.3, -0.25) is 4.79 Å². The Hall–Kier alpha value is -1.35. The number of hydrogen-bond donors (Lipinski definition) is 1. The number of amides is 1. The quantitative estimate of drug-likeness (QED) is 0.924. The Labute approximate surface area is 128 Å². The zero-order valence-electron chi connectivity index (χ0n) is 13.7. The average molecular weight is 289 g/mol. The molecule has 0 bridgehead atoms. The summed E-state index contributed by atoms with van der Waals surface area (Å²) >= 11 is 0. The summed E-state index contributed by atoms with van der Waals surface area (Å²) in [5.74, 6) is 0.114. The smallest absolute Gasteiger partial charge is 0.220 e. The third kappa shape index (κ3) is 4.57. The van der Waals surface area contributed by atoms with Crippen LogP contribution in [0.4, 0.5) is 0 Å². The molecule has 2 rings (SSSR count). The Morgan fingerprint density at radius 3 is 2.48 bits per heavy atom. The molecule has 116 valence electrons. The van der Waals surface area contributed by atoms with Crippen molar-refractivity contribution in [1.29, 1.82) is 0 Å². The zero-order chi connectivity index (χ0) is 15.5. The molecule has 0 aliphatic carbocycles. The maximum Gasteiger partial charge on any atom is 0.220 e. The number of nitrogens with one attached hydrogen (secondary N) is 1. The van der Waals surface area contributed by atoms with Crippen molar-refractivity contribution in [3.05, 3.63) is 35.4 Å². The third-order valence-electron chi connectivity index (χ3n) is 4.12. The van der Waals surface area contributed by atoms with Crippen LogP contribution in [-0.4, -0.2) is 24.7 Å². The van der Waals surface area contributed by atoms with Crippen LogP contribution in [0.5, 0.6) is 0 Å². The van der Waals surface area contributed by atoms with Gasteiger partial charge in [0.15, 0.2) is 0 Å². The molecule has 1 heterocycles. The van der Waals surface area contributed by atoms with E-state index >= 15 is 0 Å². The van der Waals surface area contributed by atoms with Crippen molar-refractivity contribution >= 4 is 5.91 Å². The number of carbonyl (C=O) groups is 1. The van der Waals surface area contributed by atoms with Gasteiger partial charge in [-0.1, -0.05) is 45.0 Å². The molecule has 1 saturated heterocycles. The number of hydrogen-bond acceptors (Lipinski definition) is 2. The van der Waals surface area contributed by atoms with Gasteiger partial charge < -0.3 is 10.1 Å². The van der Waals surface area contributed by atoms with Crippen LogP contribution in [0.1, 0.15) is 51.7 Å². The molecule has 0 radical (unpaired) electrons. The summed E-state index contributed by atoms with van der Waals surface area (Å²) in [5.41, 5.74) is 2.54. The molecule has 3 nitrogen and oxygen atoms in total. The number of ether oxygens (including phenoxy) is 1. The molecule has 21 heavy (non-hydrogen) atoms. The molecule has 1 unspecified atom stereocenters. The lowest BCUT2D eigenvalue weighted by molar-refractivity contribution is -0.122. The Morgan fingerprint density at radius 1 is 1.29 bits per heavy atom. The fourth-order valence-electron chi connectivity index (χ4n) is 2.59. The van der Waals surface area contributed by atoms with Crippen LogP contribution < -0.4 is 5.32 Å². The summed E-state index contributed by atoms with van der Waals surface area (Å²) in [6, 6.07) is 8.60. The fraction of sp³-hybridized carbons (Fsp3) is 0.611. The van der Waals surface area contributed by atoms with Crippen molar-refractivity contribution in [2.24, 2.45) is 0 Å². The maximum absolute atomic E-state index is 12.0. The predicted molar refractivity (Wildman–Crippen MR) is 85.4 cm³/mol. The van der Waals surface area contributed by atoms with Crippen molar-refractivity contribution in [3.63, 3.8) is 0 Å². The number of aryl methyl sites for hydroxylation is 1. The first-order chi connectivity index (χ1) is 9.78. The standard InChI is InChI=1S/C18H27NO2/c1-17(2,3)15-8-5-14(6-9-15)7-10-16(20)19-18(4)11-12-21-13-18/h5-6,8-9H,7,10-13H2,1-4H3,(H,19,20). The fourth-order valence-corrected chi connectivity index (χ4v) is 2.59. The van der Waals surface area contributed by atoms with Gasteiger partial charge in [0.2, 0.25) is 5.91 Å². The molecule has 1 aromatic carbocycles. The molecule has 1 atom stereocenters. The van der Waals surface area contributed by atoms with E-state index < -0.39 is 0 Å². The maximum atomic E-state index is 12.0. The van der Waals surface area contributed by atoms with Crippen molar-refractivity contribution in [2.75, 3.05) is 13.2 Å². The molecule has 1 N–H and O–H groups in total. The zero-order valence-corrected chi connectivity index (χ0v) is 13.7. The molecule has 0 saturated carbocycles. The predicted octanol–water partition coefficient (Wildman–Crippen LogP) is 3.21. The van der Waals surface area contributed by atoms with Crippen LogP contribution in [0.25, 0.3) is 0 Å². The van der Waals surface area contributed by atoms with Crippen LogP contribution in [0.15, 0.2) is 24.3 Å². The lowest BCUT2D eigenvalue weighted by Crippen LogP contribution is -2.46. The van der Waals surface area contributed by atoms with E-state index in [1.165, 1.54) is 11.1 Å². The second-order valence-corrected chi connectivity index (χ2v) is 7.36. The minimum Gasteiger partial charge on any atom is -0.379 e. The van der Waals surface area contributed by atoms with Crippen molar-refractivity contribution in [1.82, 2.24) is 5.32 Å². The number of benzene rings is 1. The molecule has 1 aromatic rings. The second kappa shape index (κ2) is 6.18. The van der Waals surface area contributed by atoms with Gasteiger partial charge in [0.05, 0.1) is 12.1 Å². The number of carbonyl (C=O) groups excluding carboxylic acids is 1. The van der Waals surface area contributed by atoms with Crippen LogP contribution in [0.3, 0.4) is 0 Å². The van der Waals surface area contributed by atoms with E-state index in [-0.39, 0.29) is 16.9 Å². The van der Waals surface area contributed by atoms with Gasteiger partial charge in [0.25, 0.3) is 0 Å². The van der Waals surface area contributed by atoms with E-state index in [1.54, 1.807) is 0 Å². The summed E-state index contributed by atoms with van der Waals surface area (Å²) in [6.07, 6.45) is 2.22. The molecule has 1 fully saturated rings. The molecule has 0 aromatic heterocycles. The molecule has 1 aliphatic rings. The van der Waals surface area contributed by atoms with Crippen molar-refractivity contribution in [3.8, 4) is 0 Å². The van der Waals surface area contributed by atoms with Gasteiger partial charge in [-0.25, -0.2) is 0 Å². The number of rotatable bonds is 4. The van der Waals surface area contributed by atoms with Gasteiger partial charge >= 0.3 is 0 Å². The summed E-state index contributed by atoms with van der Waals surface area (Å²) in [5, 5.41) is 3.10. The first-order valence-corrected chi connectivity index (χ1v) is 7.77. The Bertz CT molecular complexity index is 479. The van der Waals surface area contributed by atoms with E-state index in [0.717, 1.165) is 19.4 Å². The minimum absolute atomic E-state index is 0.114. The Kier molecular flexibility index (Phi) is 4.72. The van der Waals surface area contributed by atoms with E-state index in [1.807, 2.05) is 0 Å². The Balaban J connectivity index is 1.84.